The number of nitrogens with zero attached hydrogens (tertiary/aromatic N) is 2. The van der Waals surface area contributed by atoms with E-state index in [1.807, 2.05) is 25.1 Å². The molecule has 1 aromatic carbocycles. The Morgan fingerprint density at radius 3 is 2.85 bits per heavy atom. The first-order chi connectivity index (χ1) is 9.60. The van der Waals surface area contributed by atoms with Crippen molar-refractivity contribution in [3.63, 3.8) is 0 Å². The number of anilines is 3. The van der Waals surface area contributed by atoms with Gasteiger partial charge >= 0.3 is 0 Å². The van der Waals surface area contributed by atoms with Gasteiger partial charge in [-0.2, -0.15) is 4.98 Å². The van der Waals surface area contributed by atoms with Crippen LogP contribution >= 0.6 is 23.2 Å². The van der Waals surface area contributed by atoms with Crippen LogP contribution in [0.25, 0.3) is 0 Å². The summed E-state index contributed by atoms with van der Waals surface area (Å²) in [7, 11) is 0. The summed E-state index contributed by atoms with van der Waals surface area (Å²) in [6.07, 6.45) is 1.76. The lowest BCUT2D eigenvalue weighted by atomic mass is 10.3. The Balaban J connectivity index is 2.26. The van der Waals surface area contributed by atoms with E-state index in [9.17, 15) is 0 Å². The zero-order chi connectivity index (χ0) is 14.5. The van der Waals surface area contributed by atoms with Gasteiger partial charge in [0.2, 0.25) is 5.95 Å². The maximum atomic E-state index is 6.13. The first-order valence-corrected chi connectivity index (χ1v) is 6.77. The van der Waals surface area contributed by atoms with Gasteiger partial charge in [0.05, 0.1) is 15.7 Å². The molecular formula is C14H14Cl2N4. The second-order valence-corrected chi connectivity index (χ2v) is 4.90. The smallest absolute Gasteiger partial charge is 0.229 e. The van der Waals surface area contributed by atoms with Crippen molar-refractivity contribution in [3.8, 4) is 0 Å². The van der Waals surface area contributed by atoms with Crippen LogP contribution in [0, 0.1) is 6.92 Å². The molecule has 1 aromatic heterocycles. The highest BCUT2D eigenvalue weighted by Crippen LogP contribution is 2.31. The molecule has 0 fully saturated rings. The number of aryl methyl sites for hydroxylation is 1. The van der Waals surface area contributed by atoms with Crippen LogP contribution in [-0.4, -0.2) is 16.5 Å². The van der Waals surface area contributed by atoms with Crippen LogP contribution in [-0.2, 0) is 0 Å². The standard InChI is InChI=1S/C14H14Cl2N4/c1-3-7-17-12-8-9(2)18-14(20-12)19-11-6-4-5-10(15)13(11)16/h3-6,8H,1,7H2,2H3,(H2,17,18,19,20). The van der Waals surface area contributed by atoms with E-state index in [1.165, 1.54) is 0 Å². The fraction of sp³-hybridized carbons (Fsp3) is 0.143. The van der Waals surface area contributed by atoms with Crippen LogP contribution in [0.2, 0.25) is 10.0 Å². The molecule has 0 radical (unpaired) electrons. The van der Waals surface area contributed by atoms with E-state index in [0.717, 1.165) is 11.5 Å². The van der Waals surface area contributed by atoms with Gasteiger partial charge in [0.1, 0.15) is 5.82 Å². The Morgan fingerprint density at radius 1 is 1.30 bits per heavy atom. The molecule has 6 heteroatoms. The predicted octanol–water partition coefficient (Wildman–Crippen LogP) is 4.43. The SMILES string of the molecule is C=CCNc1cc(C)nc(Nc2cccc(Cl)c2Cl)n1. The topological polar surface area (TPSA) is 49.8 Å². The van der Waals surface area contributed by atoms with Gasteiger partial charge in [-0.3, -0.25) is 0 Å². The van der Waals surface area contributed by atoms with Gasteiger partial charge in [-0.15, -0.1) is 6.58 Å². The van der Waals surface area contributed by atoms with Crippen LogP contribution in [0.1, 0.15) is 5.69 Å². The molecule has 0 amide bonds. The summed E-state index contributed by atoms with van der Waals surface area (Å²) in [5.74, 6) is 1.18. The summed E-state index contributed by atoms with van der Waals surface area (Å²) in [5.41, 5.74) is 1.51. The van der Waals surface area contributed by atoms with Crippen LogP contribution in [0.15, 0.2) is 36.9 Å². The third-order valence-corrected chi connectivity index (χ3v) is 3.30. The molecule has 4 nitrogen and oxygen atoms in total. The molecule has 0 spiro atoms. The zero-order valence-corrected chi connectivity index (χ0v) is 12.5. The van der Waals surface area contributed by atoms with Gasteiger partial charge in [-0.25, -0.2) is 4.98 Å². The second-order valence-electron chi connectivity index (χ2n) is 4.11. The van der Waals surface area contributed by atoms with E-state index < -0.39 is 0 Å². The van der Waals surface area contributed by atoms with E-state index >= 15 is 0 Å². The van der Waals surface area contributed by atoms with Gasteiger partial charge in [0, 0.05) is 18.3 Å². The van der Waals surface area contributed by atoms with Crippen LogP contribution in [0.3, 0.4) is 0 Å². The Hall–Kier alpha value is -1.78. The van der Waals surface area contributed by atoms with E-state index in [2.05, 4.69) is 27.2 Å². The van der Waals surface area contributed by atoms with Gasteiger partial charge in [0.25, 0.3) is 0 Å². The van der Waals surface area contributed by atoms with Crippen molar-refractivity contribution in [3.05, 3.63) is 52.7 Å². The highest BCUT2D eigenvalue weighted by molar-refractivity contribution is 6.43. The lowest BCUT2D eigenvalue weighted by molar-refractivity contribution is 1.09. The summed E-state index contributed by atoms with van der Waals surface area (Å²) in [4.78, 5) is 8.67. The third-order valence-electron chi connectivity index (χ3n) is 2.48. The molecular weight excluding hydrogens is 295 g/mol. The number of halogens is 2. The number of rotatable bonds is 5. The normalized spacial score (nSPS) is 10.2. The quantitative estimate of drug-likeness (QED) is 0.802. The maximum Gasteiger partial charge on any atom is 0.229 e. The number of aromatic nitrogens is 2. The lowest BCUT2D eigenvalue weighted by Gasteiger charge is -2.10. The maximum absolute atomic E-state index is 6.13. The monoisotopic (exact) mass is 308 g/mol. The minimum Gasteiger partial charge on any atom is -0.366 e. The predicted molar refractivity (Wildman–Crippen MR) is 85.2 cm³/mol. The lowest BCUT2D eigenvalue weighted by Crippen LogP contribution is -2.05. The van der Waals surface area contributed by atoms with Crippen molar-refractivity contribution in [1.82, 2.24) is 9.97 Å². The van der Waals surface area contributed by atoms with Crippen molar-refractivity contribution >= 4 is 40.7 Å². The molecule has 20 heavy (non-hydrogen) atoms. The van der Waals surface area contributed by atoms with E-state index in [1.54, 1.807) is 12.1 Å². The highest BCUT2D eigenvalue weighted by Gasteiger charge is 2.07. The number of nitrogens with one attached hydrogen (secondary N) is 2. The molecule has 104 valence electrons. The van der Waals surface area contributed by atoms with E-state index in [4.69, 9.17) is 23.2 Å². The van der Waals surface area contributed by atoms with Crippen molar-refractivity contribution in [2.45, 2.75) is 6.92 Å². The Bertz CT molecular complexity index is 629. The number of hydrogen-bond donors (Lipinski definition) is 2. The molecule has 0 bridgehead atoms. The minimum absolute atomic E-state index is 0.444. The molecule has 1 heterocycles. The second kappa shape index (κ2) is 6.59. The number of hydrogen-bond acceptors (Lipinski definition) is 4. The first-order valence-electron chi connectivity index (χ1n) is 6.01. The van der Waals surface area contributed by atoms with Crippen molar-refractivity contribution in [2.24, 2.45) is 0 Å². The van der Waals surface area contributed by atoms with E-state index in [-0.39, 0.29) is 0 Å². The van der Waals surface area contributed by atoms with Crippen LogP contribution in [0.5, 0.6) is 0 Å². The molecule has 0 aliphatic heterocycles. The summed E-state index contributed by atoms with van der Waals surface area (Å²) < 4.78 is 0. The molecule has 0 atom stereocenters. The van der Waals surface area contributed by atoms with Gasteiger partial charge in [-0.05, 0) is 19.1 Å². The van der Waals surface area contributed by atoms with Crippen molar-refractivity contribution in [1.29, 1.82) is 0 Å². The molecule has 0 aliphatic rings. The fourth-order valence-electron chi connectivity index (χ4n) is 1.61. The largest absolute Gasteiger partial charge is 0.366 e. The first kappa shape index (κ1) is 14.6. The van der Waals surface area contributed by atoms with Crippen LogP contribution < -0.4 is 10.6 Å². The third kappa shape index (κ3) is 3.62. The van der Waals surface area contributed by atoms with Crippen molar-refractivity contribution < 1.29 is 0 Å². The van der Waals surface area contributed by atoms with Gasteiger partial charge < -0.3 is 10.6 Å². The average molecular weight is 309 g/mol. The minimum atomic E-state index is 0.444. The summed E-state index contributed by atoms with van der Waals surface area (Å²) in [6, 6.07) is 7.21. The highest BCUT2D eigenvalue weighted by atomic mass is 35.5. The summed E-state index contributed by atoms with van der Waals surface area (Å²) in [5, 5.41) is 7.11. The number of benzene rings is 1. The Morgan fingerprint density at radius 2 is 2.10 bits per heavy atom. The summed E-state index contributed by atoms with van der Waals surface area (Å²) >= 11 is 12.1. The molecule has 0 saturated heterocycles. The molecule has 0 saturated carbocycles. The zero-order valence-electron chi connectivity index (χ0n) is 11.0. The average Bonchev–Trinajstić information content (AvgIpc) is 2.41. The Kier molecular flexibility index (Phi) is 4.82. The fourth-order valence-corrected chi connectivity index (χ4v) is 1.96. The molecule has 0 unspecified atom stereocenters. The Labute approximate surface area is 127 Å². The molecule has 0 aliphatic carbocycles. The van der Waals surface area contributed by atoms with Gasteiger partial charge in [-0.1, -0.05) is 35.3 Å². The molecule has 2 aromatic rings. The molecule has 2 N–H and O–H groups in total. The van der Waals surface area contributed by atoms with Gasteiger partial charge in [0.15, 0.2) is 0 Å². The molecule has 2 rings (SSSR count). The summed E-state index contributed by atoms with van der Waals surface area (Å²) in [6.45, 7) is 6.18. The van der Waals surface area contributed by atoms with Crippen molar-refractivity contribution in [2.75, 3.05) is 17.2 Å². The van der Waals surface area contributed by atoms with Crippen LogP contribution in [0.4, 0.5) is 17.5 Å². The van der Waals surface area contributed by atoms with E-state index in [0.29, 0.717) is 28.2 Å².